The summed E-state index contributed by atoms with van der Waals surface area (Å²) >= 11 is 11.9. The molecule has 102 valence electrons. The van der Waals surface area contributed by atoms with Crippen LogP contribution in [-0.2, 0) is 0 Å². The zero-order chi connectivity index (χ0) is 14.5. The molecule has 1 unspecified atom stereocenters. The maximum atomic E-state index is 9.35. The molecule has 20 heavy (non-hydrogen) atoms. The largest absolute Gasteiger partial charge is 0.495 e. The van der Waals surface area contributed by atoms with Gasteiger partial charge in [-0.15, -0.1) is 0 Å². The highest BCUT2D eigenvalue weighted by Gasteiger charge is 2.14. The Morgan fingerprint density at radius 2 is 1.80 bits per heavy atom. The predicted molar refractivity (Wildman–Crippen MR) is 81.4 cm³/mol. The van der Waals surface area contributed by atoms with E-state index in [2.05, 4.69) is 11.4 Å². The van der Waals surface area contributed by atoms with Gasteiger partial charge in [-0.25, -0.2) is 0 Å². The normalized spacial score (nSPS) is 11.5. The Balaban J connectivity index is 2.32. The minimum Gasteiger partial charge on any atom is -0.495 e. The summed E-state index contributed by atoms with van der Waals surface area (Å²) in [6, 6.07) is 14.1. The van der Waals surface area contributed by atoms with Crippen molar-refractivity contribution in [3.8, 4) is 11.8 Å². The molecule has 2 rings (SSSR count). The van der Waals surface area contributed by atoms with E-state index in [1.165, 1.54) is 0 Å². The Hall–Kier alpha value is -1.89. The molecule has 0 aromatic heterocycles. The lowest BCUT2D eigenvalue weighted by Gasteiger charge is -2.16. The Bertz CT molecular complexity index is 632. The SMILES string of the molecule is COc1ccccc1NC(C#N)c1cc(Cl)cc(Cl)c1. The Morgan fingerprint density at radius 1 is 1.15 bits per heavy atom. The molecular weight excluding hydrogens is 295 g/mol. The van der Waals surface area contributed by atoms with Crippen LogP contribution in [0.5, 0.6) is 5.75 Å². The molecule has 1 N–H and O–H groups in total. The summed E-state index contributed by atoms with van der Waals surface area (Å²) in [7, 11) is 1.58. The van der Waals surface area contributed by atoms with Gasteiger partial charge in [0.15, 0.2) is 0 Å². The van der Waals surface area contributed by atoms with E-state index < -0.39 is 6.04 Å². The van der Waals surface area contributed by atoms with Crippen LogP contribution in [0.2, 0.25) is 10.0 Å². The van der Waals surface area contributed by atoms with Gasteiger partial charge in [0.2, 0.25) is 0 Å². The Kier molecular flexibility index (Phi) is 4.73. The molecule has 2 aromatic rings. The average Bonchev–Trinajstić information content (AvgIpc) is 2.44. The highest BCUT2D eigenvalue weighted by atomic mass is 35.5. The molecular formula is C15H12Cl2N2O. The Morgan fingerprint density at radius 3 is 2.40 bits per heavy atom. The number of nitriles is 1. The molecule has 3 nitrogen and oxygen atoms in total. The lowest BCUT2D eigenvalue weighted by molar-refractivity contribution is 0.416. The van der Waals surface area contributed by atoms with Gasteiger partial charge in [-0.05, 0) is 35.9 Å². The van der Waals surface area contributed by atoms with E-state index in [4.69, 9.17) is 27.9 Å². The van der Waals surface area contributed by atoms with Crippen LogP contribution in [0.25, 0.3) is 0 Å². The summed E-state index contributed by atoms with van der Waals surface area (Å²) in [6.45, 7) is 0. The van der Waals surface area contributed by atoms with Crippen LogP contribution >= 0.6 is 23.2 Å². The summed E-state index contributed by atoms with van der Waals surface area (Å²) in [6.07, 6.45) is 0. The highest BCUT2D eigenvalue weighted by Crippen LogP contribution is 2.29. The Labute approximate surface area is 127 Å². The smallest absolute Gasteiger partial charge is 0.141 e. The molecule has 1 atom stereocenters. The first-order valence-electron chi connectivity index (χ1n) is 5.89. The van der Waals surface area contributed by atoms with Gasteiger partial charge in [0.1, 0.15) is 11.8 Å². The van der Waals surface area contributed by atoms with Crippen molar-refractivity contribution in [3.63, 3.8) is 0 Å². The van der Waals surface area contributed by atoms with E-state index in [9.17, 15) is 5.26 Å². The van der Waals surface area contributed by atoms with Crippen molar-refractivity contribution in [1.82, 2.24) is 0 Å². The maximum Gasteiger partial charge on any atom is 0.141 e. The first-order valence-corrected chi connectivity index (χ1v) is 6.65. The quantitative estimate of drug-likeness (QED) is 0.892. The van der Waals surface area contributed by atoms with Crippen LogP contribution in [0.4, 0.5) is 5.69 Å². The first-order chi connectivity index (χ1) is 9.63. The van der Waals surface area contributed by atoms with Gasteiger partial charge in [-0.2, -0.15) is 5.26 Å². The van der Waals surface area contributed by atoms with Crippen molar-refractivity contribution in [2.75, 3.05) is 12.4 Å². The van der Waals surface area contributed by atoms with Crippen molar-refractivity contribution in [1.29, 1.82) is 5.26 Å². The predicted octanol–water partition coefficient (Wildman–Crippen LogP) is 4.68. The number of benzene rings is 2. The van der Waals surface area contributed by atoms with Crippen LogP contribution in [0.15, 0.2) is 42.5 Å². The number of anilines is 1. The van der Waals surface area contributed by atoms with Gasteiger partial charge in [0, 0.05) is 10.0 Å². The van der Waals surface area contributed by atoms with Gasteiger partial charge in [0.25, 0.3) is 0 Å². The fourth-order valence-electron chi connectivity index (χ4n) is 1.85. The minimum atomic E-state index is -0.567. The van der Waals surface area contributed by atoms with E-state index in [1.54, 1.807) is 25.3 Å². The molecule has 0 spiro atoms. The number of rotatable bonds is 4. The second-order valence-corrected chi connectivity index (χ2v) is 4.98. The number of ether oxygens (including phenoxy) is 1. The second-order valence-electron chi connectivity index (χ2n) is 4.11. The monoisotopic (exact) mass is 306 g/mol. The lowest BCUT2D eigenvalue weighted by atomic mass is 10.1. The van der Waals surface area contributed by atoms with Gasteiger partial charge in [-0.3, -0.25) is 0 Å². The molecule has 0 amide bonds. The molecule has 0 radical (unpaired) electrons. The molecule has 0 fully saturated rings. The summed E-state index contributed by atoms with van der Waals surface area (Å²) in [4.78, 5) is 0. The van der Waals surface area contributed by atoms with Crippen molar-refractivity contribution < 1.29 is 4.74 Å². The molecule has 0 bridgehead atoms. The van der Waals surface area contributed by atoms with Gasteiger partial charge >= 0.3 is 0 Å². The highest BCUT2D eigenvalue weighted by molar-refractivity contribution is 6.34. The van der Waals surface area contributed by atoms with E-state index in [1.807, 2.05) is 24.3 Å². The standard InChI is InChI=1S/C15H12Cl2N2O/c1-20-15-5-3-2-4-13(15)19-14(9-18)10-6-11(16)8-12(17)7-10/h2-8,14,19H,1H3. The topological polar surface area (TPSA) is 45.0 Å². The van der Waals surface area contributed by atoms with Crippen molar-refractivity contribution in [2.24, 2.45) is 0 Å². The van der Waals surface area contributed by atoms with E-state index >= 15 is 0 Å². The third kappa shape index (κ3) is 3.36. The molecule has 0 saturated heterocycles. The number of hydrogen-bond acceptors (Lipinski definition) is 3. The van der Waals surface area contributed by atoms with Crippen molar-refractivity contribution in [3.05, 3.63) is 58.1 Å². The number of hydrogen-bond donors (Lipinski definition) is 1. The van der Waals surface area contributed by atoms with Crippen LogP contribution in [-0.4, -0.2) is 7.11 Å². The number of methoxy groups -OCH3 is 1. The molecule has 0 aliphatic rings. The van der Waals surface area contributed by atoms with Crippen molar-refractivity contribution >= 4 is 28.9 Å². The number of nitrogens with one attached hydrogen (secondary N) is 1. The minimum absolute atomic E-state index is 0.495. The van der Waals surface area contributed by atoms with Crippen LogP contribution in [0.3, 0.4) is 0 Å². The molecule has 0 saturated carbocycles. The second kappa shape index (κ2) is 6.51. The maximum absolute atomic E-state index is 9.35. The van der Waals surface area contributed by atoms with E-state index in [0.717, 1.165) is 5.69 Å². The fraction of sp³-hybridized carbons (Fsp3) is 0.133. The summed E-state index contributed by atoms with van der Waals surface area (Å²) in [5, 5.41) is 13.5. The zero-order valence-electron chi connectivity index (χ0n) is 10.7. The fourth-order valence-corrected chi connectivity index (χ4v) is 2.39. The van der Waals surface area contributed by atoms with Crippen LogP contribution in [0.1, 0.15) is 11.6 Å². The lowest BCUT2D eigenvalue weighted by Crippen LogP contribution is -2.09. The number of nitrogens with zero attached hydrogens (tertiary/aromatic N) is 1. The van der Waals surface area contributed by atoms with Gasteiger partial charge in [0.05, 0.1) is 18.9 Å². The summed E-state index contributed by atoms with van der Waals surface area (Å²) in [5.74, 6) is 0.667. The molecule has 0 aliphatic heterocycles. The average molecular weight is 307 g/mol. The number of halogens is 2. The third-order valence-electron chi connectivity index (χ3n) is 2.75. The van der Waals surface area contributed by atoms with Crippen LogP contribution < -0.4 is 10.1 Å². The molecule has 0 heterocycles. The molecule has 5 heteroatoms. The van der Waals surface area contributed by atoms with Crippen molar-refractivity contribution in [2.45, 2.75) is 6.04 Å². The van der Waals surface area contributed by atoms with Crippen LogP contribution in [0, 0.1) is 11.3 Å². The third-order valence-corrected chi connectivity index (χ3v) is 3.19. The summed E-state index contributed by atoms with van der Waals surface area (Å²) in [5.41, 5.74) is 1.44. The summed E-state index contributed by atoms with van der Waals surface area (Å²) < 4.78 is 5.25. The van der Waals surface area contributed by atoms with E-state index in [0.29, 0.717) is 21.4 Å². The zero-order valence-corrected chi connectivity index (χ0v) is 12.2. The number of para-hydroxylation sites is 2. The molecule has 2 aromatic carbocycles. The van der Waals surface area contributed by atoms with Gasteiger partial charge in [-0.1, -0.05) is 35.3 Å². The molecule has 0 aliphatic carbocycles. The first kappa shape index (κ1) is 14.5. The van der Waals surface area contributed by atoms with E-state index in [-0.39, 0.29) is 0 Å². The van der Waals surface area contributed by atoms with Gasteiger partial charge < -0.3 is 10.1 Å².